The van der Waals surface area contributed by atoms with Crippen LogP contribution in [0.3, 0.4) is 0 Å². The lowest BCUT2D eigenvalue weighted by molar-refractivity contribution is -0.139. The highest BCUT2D eigenvalue weighted by Gasteiger charge is 2.31. The second kappa shape index (κ2) is 9.34. The highest BCUT2D eigenvalue weighted by Crippen LogP contribution is 2.31. The Bertz CT molecular complexity index is 889. The average molecular weight is 409 g/mol. The van der Waals surface area contributed by atoms with Gasteiger partial charge in [-0.3, -0.25) is 9.59 Å². The molecule has 3 heterocycles. The number of benzene rings is 1. The first-order valence-electron chi connectivity index (χ1n) is 10.7. The fraction of sp³-hybridized carbons (Fsp3) is 0.478. The molecule has 2 amide bonds. The van der Waals surface area contributed by atoms with Crippen LogP contribution >= 0.6 is 0 Å². The van der Waals surface area contributed by atoms with Gasteiger partial charge in [-0.15, -0.1) is 0 Å². The Hall–Kier alpha value is -2.80. The van der Waals surface area contributed by atoms with Gasteiger partial charge in [0.15, 0.2) is 0 Å². The van der Waals surface area contributed by atoms with E-state index in [4.69, 9.17) is 4.74 Å². The summed E-state index contributed by atoms with van der Waals surface area (Å²) in [6, 6.07) is 9.38. The third-order valence-corrected chi connectivity index (χ3v) is 5.98. The number of hydrogen-bond donors (Lipinski definition) is 1. The maximum atomic E-state index is 12.9. The summed E-state index contributed by atoms with van der Waals surface area (Å²) in [5.74, 6) is 0.933. The molecular formula is C23H28N4O3. The van der Waals surface area contributed by atoms with Gasteiger partial charge in [-0.25, -0.2) is 9.97 Å². The van der Waals surface area contributed by atoms with Crippen LogP contribution in [0.15, 0.2) is 36.5 Å². The molecule has 2 aromatic rings. The number of likely N-dealkylation sites (tertiary alicyclic amines) is 1. The molecule has 2 saturated heterocycles. The SMILES string of the molecule is Cc1ncc(C(=O)Nc2ccccc2)c(C2CCN(C(=O)C3CCOCC3)CC2)n1. The van der Waals surface area contributed by atoms with Crippen LogP contribution in [0, 0.1) is 12.8 Å². The first kappa shape index (κ1) is 20.5. The predicted octanol–water partition coefficient (Wildman–Crippen LogP) is 3.17. The van der Waals surface area contributed by atoms with Crippen LogP contribution in [0.5, 0.6) is 0 Å². The van der Waals surface area contributed by atoms with Crippen molar-refractivity contribution in [1.29, 1.82) is 0 Å². The third-order valence-electron chi connectivity index (χ3n) is 5.98. The van der Waals surface area contributed by atoms with E-state index >= 15 is 0 Å². The topological polar surface area (TPSA) is 84.4 Å². The van der Waals surface area contributed by atoms with E-state index in [2.05, 4.69) is 15.3 Å². The summed E-state index contributed by atoms with van der Waals surface area (Å²) < 4.78 is 5.38. The number of hydrogen-bond acceptors (Lipinski definition) is 5. The Balaban J connectivity index is 1.44. The lowest BCUT2D eigenvalue weighted by Gasteiger charge is -2.35. The van der Waals surface area contributed by atoms with Gasteiger partial charge < -0.3 is 15.0 Å². The number of anilines is 1. The Morgan fingerprint density at radius 1 is 1.07 bits per heavy atom. The van der Waals surface area contributed by atoms with Crippen LogP contribution in [0.1, 0.15) is 53.5 Å². The van der Waals surface area contributed by atoms with Crippen molar-refractivity contribution in [3.63, 3.8) is 0 Å². The first-order chi connectivity index (χ1) is 14.6. The van der Waals surface area contributed by atoms with Crippen LogP contribution in [0.2, 0.25) is 0 Å². The van der Waals surface area contributed by atoms with Crippen molar-refractivity contribution in [3.8, 4) is 0 Å². The van der Waals surface area contributed by atoms with Crippen LogP contribution < -0.4 is 5.32 Å². The number of aromatic nitrogens is 2. The number of carbonyl (C=O) groups is 2. The van der Waals surface area contributed by atoms with Crippen LogP contribution in [-0.4, -0.2) is 53.0 Å². The molecule has 7 heteroatoms. The Morgan fingerprint density at radius 3 is 2.47 bits per heavy atom. The fourth-order valence-corrected chi connectivity index (χ4v) is 4.27. The van der Waals surface area contributed by atoms with Crippen molar-refractivity contribution in [2.45, 2.75) is 38.5 Å². The van der Waals surface area contributed by atoms with Crippen molar-refractivity contribution in [2.24, 2.45) is 5.92 Å². The van der Waals surface area contributed by atoms with E-state index in [-0.39, 0.29) is 23.7 Å². The molecular weight excluding hydrogens is 380 g/mol. The standard InChI is InChI=1S/C23H28N4O3/c1-16-24-15-20(22(28)26-19-5-3-2-4-6-19)21(25-16)17-7-11-27(12-8-17)23(29)18-9-13-30-14-10-18/h2-6,15,17-18H,7-14H2,1H3,(H,26,28). The first-order valence-corrected chi connectivity index (χ1v) is 10.7. The third kappa shape index (κ3) is 4.67. The number of aryl methyl sites for hydroxylation is 1. The summed E-state index contributed by atoms with van der Waals surface area (Å²) >= 11 is 0. The molecule has 2 aliphatic rings. The zero-order valence-corrected chi connectivity index (χ0v) is 17.3. The minimum absolute atomic E-state index is 0.0869. The summed E-state index contributed by atoms with van der Waals surface area (Å²) in [5.41, 5.74) is 2.04. The van der Waals surface area contributed by atoms with Gasteiger partial charge in [0.2, 0.25) is 5.91 Å². The lowest BCUT2D eigenvalue weighted by atomic mass is 9.89. The number of amides is 2. The quantitative estimate of drug-likeness (QED) is 0.840. The van der Waals surface area contributed by atoms with Crippen LogP contribution in [0.25, 0.3) is 0 Å². The fourth-order valence-electron chi connectivity index (χ4n) is 4.27. The van der Waals surface area contributed by atoms with E-state index in [0.29, 0.717) is 37.7 Å². The molecule has 0 unspecified atom stereocenters. The van der Waals surface area contributed by atoms with Crippen LogP contribution in [0.4, 0.5) is 5.69 Å². The minimum atomic E-state index is -0.197. The van der Waals surface area contributed by atoms with Gasteiger partial charge in [0.1, 0.15) is 5.82 Å². The molecule has 30 heavy (non-hydrogen) atoms. The van der Waals surface area contributed by atoms with Crippen molar-refractivity contribution in [2.75, 3.05) is 31.6 Å². The van der Waals surface area contributed by atoms with E-state index in [1.165, 1.54) is 0 Å². The Morgan fingerprint density at radius 2 is 1.77 bits per heavy atom. The zero-order valence-electron chi connectivity index (χ0n) is 17.3. The van der Waals surface area contributed by atoms with Crippen LogP contribution in [-0.2, 0) is 9.53 Å². The second-order valence-electron chi connectivity index (χ2n) is 8.02. The molecule has 0 saturated carbocycles. The highest BCUT2D eigenvalue weighted by molar-refractivity contribution is 6.04. The van der Waals surface area contributed by atoms with E-state index in [1.807, 2.05) is 42.2 Å². The average Bonchev–Trinajstić information content (AvgIpc) is 2.80. The molecule has 0 bridgehead atoms. The molecule has 0 spiro atoms. The maximum absolute atomic E-state index is 12.9. The number of rotatable bonds is 4. The minimum Gasteiger partial charge on any atom is -0.381 e. The molecule has 2 fully saturated rings. The molecule has 0 radical (unpaired) electrons. The summed E-state index contributed by atoms with van der Waals surface area (Å²) in [6.45, 7) is 4.58. The van der Waals surface area contributed by atoms with E-state index in [9.17, 15) is 9.59 Å². The number of carbonyl (C=O) groups excluding carboxylic acids is 2. The van der Waals surface area contributed by atoms with Gasteiger partial charge in [0, 0.05) is 50.0 Å². The van der Waals surface area contributed by atoms with Crippen molar-refractivity contribution in [3.05, 3.63) is 53.6 Å². The van der Waals surface area contributed by atoms with Crippen molar-refractivity contribution in [1.82, 2.24) is 14.9 Å². The van der Waals surface area contributed by atoms with Gasteiger partial charge in [-0.05, 0) is 44.7 Å². The molecule has 1 N–H and O–H groups in total. The summed E-state index contributed by atoms with van der Waals surface area (Å²) in [4.78, 5) is 36.6. The van der Waals surface area contributed by atoms with Gasteiger partial charge in [0.05, 0.1) is 11.3 Å². The largest absolute Gasteiger partial charge is 0.381 e. The van der Waals surface area contributed by atoms with Gasteiger partial charge >= 0.3 is 0 Å². The Kier molecular flexibility index (Phi) is 6.38. The van der Waals surface area contributed by atoms with Gasteiger partial charge in [-0.1, -0.05) is 18.2 Å². The van der Waals surface area contributed by atoms with Crippen molar-refractivity contribution >= 4 is 17.5 Å². The molecule has 1 aromatic heterocycles. The molecule has 158 valence electrons. The number of nitrogens with one attached hydrogen (secondary N) is 1. The van der Waals surface area contributed by atoms with Gasteiger partial charge in [-0.2, -0.15) is 0 Å². The molecule has 2 aliphatic heterocycles. The monoisotopic (exact) mass is 408 g/mol. The smallest absolute Gasteiger partial charge is 0.259 e. The number of piperidine rings is 1. The van der Waals surface area contributed by atoms with Crippen molar-refractivity contribution < 1.29 is 14.3 Å². The van der Waals surface area contributed by atoms with Gasteiger partial charge in [0.25, 0.3) is 5.91 Å². The lowest BCUT2D eigenvalue weighted by Crippen LogP contribution is -2.43. The highest BCUT2D eigenvalue weighted by atomic mass is 16.5. The van der Waals surface area contributed by atoms with E-state index < -0.39 is 0 Å². The Labute approximate surface area is 176 Å². The summed E-state index contributed by atoms with van der Waals surface area (Å²) in [7, 11) is 0. The molecule has 4 rings (SSSR count). The number of ether oxygens (including phenoxy) is 1. The molecule has 1 aromatic carbocycles. The molecule has 0 atom stereocenters. The molecule has 7 nitrogen and oxygen atoms in total. The second-order valence-corrected chi connectivity index (χ2v) is 8.02. The maximum Gasteiger partial charge on any atom is 0.259 e. The van der Waals surface area contributed by atoms with E-state index in [1.54, 1.807) is 6.20 Å². The normalized spacial score (nSPS) is 18.2. The predicted molar refractivity (Wildman–Crippen MR) is 113 cm³/mol. The summed E-state index contributed by atoms with van der Waals surface area (Å²) in [6.07, 6.45) is 4.85. The number of para-hydroxylation sites is 1. The van der Waals surface area contributed by atoms with E-state index in [0.717, 1.165) is 37.1 Å². The molecule has 0 aliphatic carbocycles. The summed E-state index contributed by atoms with van der Waals surface area (Å²) in [5, 5.41) is 2.93. The zero-order chi connectivity index (χ0) is 20.9. The number of nitrogens with zero attached hydrogens (tertiary/aromatic N) is 3.